The Hall–Kier alpha value is 0.756. The molecule has 3 heteroatoms. The molecule has 0 bridgehead atoms. The third-order valence-electron chi connectivity index (χ3n) is 1.74. The molecule has 0 rings (SSSR count). The van der Waals surface area contributed by atoms with Crippen LogP contribution in [-0.4, -0.2) is 11.1 Å². The van der Waals surface area contributed by atoms with Crippen molar-refractivity contribution in [2.24, 2.45) is 0 Å². The Labute approximate surface area is 106 Å². The molecule has 0 atom stereocenters. The second-order valence-corrected chi connectivity index (χ2v) is 2.91. The van der Waals surface area contributed by atoms with Gasteiger partial charge in [0.25, 0.3) is 0 Å². The number of carbonyl (C=O) groups is 1. The molecular weight excluding hydrogens is 299 g/mol. The Balaban J connectivity index is 0. The molecule has 0 aromatic heterocycles. The minimum absolute atomic E-state index is 0. The summed E-state index contributed by atoms with van der Waals surface area (Å²) < 4.78 is 0. The topological polar surface area (TPSA) is 37.3 Å². The molecule has 0 aromatic carbocycles. The largest absolute Gasteiger partial charge is 0.481 e. The first-order valence-corrected chi connectivity index (χ1v) is 4.49. The van der Waals surface area contributed by atoms with Crippen LogP contribution in [0.5, 0.6) is 0 Å². The average molecular weight is 317 g/mol. The van der Waals surface area contributed by atoms with Crippen LogP contribution < -0.4 is 0 Å². The molecule has 0 spiro atoms. The van der Waals surface area contributed by atoms with Crippen molar-refractivity contribution in [3.63, 3.8) is 0 Å². The molecule has 0 aromatic rings. The van der Waals surface area contributed by atoms with E-state index in [-0.39, 0.29) is 38.6 Å². The van der Waals surface area contributed by atoms with Gasteiger partial charge in [-0.1, -0.05) is 39.0 Å². The Morgan fingerprint density at radius 2 is 1.58 bits per heavy atom. The molecule has 1 radical (unpaired) electrons. The number of rotatable bonds is 7. The predicted molar refractivity (Wildman–Crippen MR) is 45.6 cm³/mol. The second kappa shape index (κ2) is 11.8. The number of hydrogen-bond acceptors (Lipinski definition) is 1. The molecule has 0 amide bonds. The summed E-state index contributed by atoms with van der Waals surface area (Å²) in [6, 6.07) is 0. The maximum atomic E-state index is 10.1. The van der Waals surface area contributed by atoms with E-state index in [0.29, 0.717) is 6.42 Å². The van der Waals surface area contributed by atoms with Crippen LogP contribution in [0.3, 0.4) is 0 Å². The van der Waals surface area contributed by atoms with E-state index in [0.717, 1.165) is 12.8 Å². The molecule has 75 valence electrons. The second-order valence-electron chi connectivity index (χ2n) is 2.91. The van der Waals surface area contributed by atoms with Gasteiger partial charge in [-0.05, 0) is 6.42 Å². The Morgan fingerprint density at radius 1 is 1.08 bits per heavy atom. The predicted octanol–water partition coefficient (Wildman–Crippen LogP) is 2.82. The number of hydrogen-bond donors (Lipinski definition) is 1. The Kier molecular flexibility index (Phi) is 14.9. The van der Waals surface area contributed by atoms with Crippen molar-refractivity contribution < 1.29 is 48.5 Å². The van der Waals surface area contributed by atoms with Crippen molar-refractivity contribution in [3.05, 3.63) is 0 Å². The molecule has 0 saturated carbocycles. The molecule has 0 aliphatic carbocycles. The number of carboxylic acids is 1. The van der Waals surface area contributed by atoms with Crippen molar-refractivity contribution in [2.45, 2.75) is 51.9 Å². The first-order chi connectivity index (χ1) is 5.27. The summed E-state index contributed by atoms with van der Waals surface area (Å²) >= 11 is 0. The van der Waals surface area contributed by atoms with Gasteiger partial charge in [0, 0.05) is 45.0 Å². The van der Waals surface area contributed by atoms with Gasteiger partial charge in [0.2, 0.25) is 0 Å². The van der Waals surface area contributed by atoms with E-state index < -0.39 is 5.97 Å². The van der Waals surface area contributed by atoms with Crippen molar-refractivity contribution in [2.75, 3.05) is 0 Å². The van der Waals surface area contributed by atoms with Crippen molar-refractivity contribution in [1.29, 1.82) is 0 Å². The molecular formula is C9H18O2Tb. The summed E-state index contributed by atoms with van der Waals surface area (Å²) in [5.41, 5.74) is 0. The van der Waals surface area contributed by atoms with Crippen LogP contribution in [0.4, 0.5) is 0 Å². The summed E-state index contributed by atoms with van der Waals surface area (Å²) in [6.07, 6.45) is 7.25. The van der Waals surface area contributed by atoms with Gasteiger partial charge in [0.05, 0.1) is 0 Å². The molecule has 0 unspecified atom stereocenters. The van der Waals surface area contributed by atoms with E-state index in [1.807, 2.05) is 0 Å². The van der Waals surface area contributed by atoms with Gasteiger partial charge in [-0.2, -0.15) is 0 Å². The first kappa shape index (κ1) is 15.2. The maximum absolute atomic E-state index is 10.1. The van der Waals surface area contributed by atoms with E-state index in [1.54, 1.807) is 0 Å². The molecule has 12 heavy (non-hydrogen) atoms. The molecule has 0 heterocycles. The molecule has 0 aliphatic rings. The summed E-state index contributed by atoms with van der Waals surface area (Å²) in [4.78, 5) is 10.1. The van der Waals surface area contributed by atoms with Crippen LogP contribution >= 0.6 is 0 Å². The third-order valence-corrected chi connectivity index (χ3v) is 1.74. The van der Waals surface area contributed by atoms with E-state index in [1.165, 1.54) is 25.7 Å². The molecule has 0 fully saturated rings. The Bertz CT molecular complexity index is 105. The summed E-state index contributed by atoms with van der Waals surface area (Å²) in [5, 5.41) is 8.32. The summed E-state index contributed by atoms with van der Waals surface area (Å²) in [5.74, 6) is -0.666. The molecule has 1 N–H and O–H groups in total. The van der Waals surface area contributed by atoms with Crippen LogP contribution in [0.25, 0.3) is 0 Å². The SMILES string of the molecule is CCCCCCCCC(=O)O.[Tb]. The maximum Gasteiger partial charge on any atom is 0.303 e. The van der Waals surface area contributed by atoms with Gasteiger partial charge >= 0.3 is 5.97 Å². The number of carboxylic acid groups (broad SMARTS) is 1. The first-order valence-electron chi connectivity index (χ1n) is 4.49. The van der Waals surface area contributed by atoms with Crippen molar-refractivity contribution in [1.82, 2.24) is 0 Å². The smallest absolute Gasteiger partial charge is 0.303 e. The normalized spacial score (nSPS) is 9.08. The van der Waals surface area contributed by atoms with Gasteiger partial charge in [0.1, 0.15) is 0 Å². The fraction of sp³-hybridized carbons (Fsp3) is 0.889. The van der Waals surface area contributed by atoms with Gasteiger partial charge in [0.15, 0.2) is 0 Å². The molecule has 2 nitrogen and oxygen atoms in total. The van der Waals surface area contributed by atoms with Crippen molar-refractivity contribution in [3.8, 4) is 0 Å². The van der Waals surface area contributed by atoms with E-state index >= 15 is 0 Å². The third kappa shape index (κ3) is 13.4. The number of aliphatic carboxylic acids is 1. The van der Waals surface area contributed by atoms with Crippen LogP contribution in [0.1, 0.15) is 51.9 Å². The monoisotopic (exact) mass is 317 g/mol. The minimum Gasteiger partial charge on any atom is -0.481 e. The van der Waals surface area contributed by atoms with E-state index in [9.17, 15) is 4.79 Å². The van der Waals surface area contributed by atoms with E-state index in [4.69, 9.17) is 5.11 Å². The molecule has 0 saturated heterocycles. The quantitative estimate of drug-likeness (QED) is 0.733. The van der Waals surface area contributed by atoms with Gasteiger partial charge < -0.3 is 5.11 Å². The standard InChI is InChI=1S/C9H18O2.Tb/c1-2-3-4-5-6-7-8-9(10)11;/h2-8H2,1H3,(H,10,11);. The van der Waals surface area contributed by atoms with Crippen LogP contribution in [0.2, 0.25) is 0 Å². The van der Waals surface area contributed by atoms with Gasteiger partial charge in [-0.25, -0.2) is 0 Å². The van der Waals surface area contributed by atoms with Crippen LogP contribution in [0.15, 0.2) is 0 Å². The van der Waals surface area contributed by atoms with Gasteiger partial charge in [-0.3, -0.25) is 4.79 Å². The van der Waals surface area contributed by atoms with E-state index in [2.05, 4.69) is 6.92 Å². The van der Waals surface area contributed by atoms with Crippen molar-refractivity contribution >= 4 is 5.97 Å². The Morgan fingerprint density at radius 3 is 2.08 bits per heavy atom. The fourth-order valence-electron chi connectivity index (χ4n) is 1.06. The number of unbranched alkanes of at least 4 members (excludes halogenated alkanes) is 5. The van der Waals surface area contributed by atoms with Crippen LogP contribution in [0, 0.1) is 38.6 Å². The fourth-order valence-corrected chi connectivity index (χ4v) is 1.06. The summed E-state index contributed by atoms with van der Waals surface area (Å²) in [6.45, 7) is 2.18. The zero-order valence-electron chi connectivity index (χ0n) is 7.64. The zero-order valence-corrected chi connectivity index (χ0v) is 9.78. The van der Waals surface area contributed by atoms with Gasteiger partial charge in [-0.15, -0.1) is 0 Å². The van der Waals surface area contributed by atoms with Crippen LogP contribution in [-0.2, 0) is 4.79 Å². The average Bonchev–Trinajstić information content (AvgIpc) is 1.96. The summed E-state index contributed by atoms with van der Waals surface area (Å²) in [7, 11) is 0. The zero-order chi connectivity index (χ0) is 8.53. The molecule has 0 aliphatic heterocycles. The minimum atomic E-state index is -0.666.